The van der Waals surface area contributed by atoms with Crippen molar-refractivity contribution in [3.05, 3.63) is 42.4 Å². The Bertz CT molecular complexity index is 880. The van der Waals surface area contributed by atoms with Gasteiger partial charge in [-0.15, -0.1) is 0 Å². The monoisotopic (exact) mass is 347 g/mol. The first-order chi connectivity index (χ1) is 12.7. The van der Waals surface area contributed by atoms with E-state index in [0.717, 1.165) is 49.8 Å². The largest absolute Gasteiger partial charge is 0.366 e. The van der Waals surface area contributed by atoms with Crippen LogP contribution in [0.2, 0.25) is 0 Å². The van der Waals surface area contributed by atoms with Crippen molar-refractivity contribution in [1.29, 1.82) is 0 Å². The van der Waals surface area contributed by atoms with E-state index in [-0.39, 0.29) is 0 Å². The molecule has 0 atom stereocenters. The SMILES string of the molecule is [B]c1cnn2c(NCc3cccnc3)cc(N3CCCN(C)CC3)nc12. The number of likely N-dealkylation sites (N-methyl/N-ethyl adjacent to an activating group) is 1. The number of nitrogens with zero attached hydrogens (tertiary/aromatic N) is 6. The average molecular weight is 347 g/mol. The van der Waals surface area contributed by atoms with Gasteiger partial charge in [0.05, 0.1) is 0 Å². The first kappa shape index (κ1) is 16.8. The summed E-state index contributed by atoms with van der Waals surface area (Å²) in [5, 5.41) is 7.82. The van der Waals surface area contributed by atoms with Crippen molar-refractivity contribution in [3.8, 4) is 0 Å². The van der Waals surface area contributed by atoms with E-state index in [2.05, 4.69) is 38.3 Å². The third-order valence-corrected chi connectivity index (χ3v) is 4.73. The highest BCUT2D eigenvalue weighted by Gasteiger charge is 2.17. The molecule has 0 unspecified atom stereocenters. The molecule has 132 valence electrons. The first-order valence-corrected chi connectivity index (χ1v) is 8.91. The highest BCUT2D eigenvalue weighted by molar-refractivity contribution is 6.36. The zero-order chi connectivity index (χ0) is 17.9. The zero-order valence-electron chi connectivity index (χ0n) is 15.0. The van der Waals surface area contributed by atoms with Gasteiger partial charge in [0, 0.05) is 50.8 Å². The van der Waals surface area contributed by atoms with Crippen molar-refractivity contribution in [3.63, 3.8) is 0 Å². The van der Waals surface area contributed by atoms with E-state index in [1.54, 1.807) is 16.9 Å². The molecule has 0 spiro atoms. The molecule has 3 aromatic rings. The molecule has 1 aliphatic rings. The second-order valence-corrected chi connectivity index (χ2v) is 6.69. The van der Waals surface area contributed by atoms with E-state index < -0.39 is 0 Å². The Hall–Kier alpha value is -2.61. The summed E-state index contributed by atoms with van der Waals surface area (Å²) in [7, 11) is 8.26. The Morgan fingerprint density at radius 3 is 2.96 bits per heavy atom. The summed E-state index contributed by atoms with van der Waals surface area (Å²) >= 11 is 0. The molecule has 1 saturated heterocycles. The normalized spacial score (nSPS) is 16.0. The lowest BCUT2D eigenvalue weighted by molar-refractivity contribution is 0.360. The molecule has 26 heavy (non-hydrogen) atoms. The summed E-state index contributed by atoms with van der Waals surface area (Å²) in [5.41, 5.74) is 2.38. The fraction of sp³-hybridized carbons (Fsp3) is 0.389. The van der Waals surface area contributed by atoms with Crippen molar-refractivity contribution in [1.82, 2.24) is 24.5 Å². The number of pyridine rings is 1. The molecule has 7 nitrogen and oxygen atoms in total. The quantitative estimate of drug-likeness (QED) is 0.700. The van der Waals surface area contributed by atoms with Gasteiger partial charge >= 0.3 is 0 Å². The smallest absolute Gasteiger partial charge is 0.152 e. The summed E-state index contributed by atoms with van der Waals surface area (Å²) < 4.78 is 1.76. The molecule has 4 rings (SSSR count). The fourth-order valence-corrected chi connectivity index (χ4v) is 3.23. The molecule has 0 aliphatic carbocycles. The molecule has 0 aromatic carbocycles. The second-order valence-electron chi connectivity index (χ2n) is 6.69. The van der Waals surface area contributed by atoms with Crippen LogP contribution in [0.3, 0.4) is 0 Å². The average Bonchev–Trinajstić information content (AvgIpc) is 2.90. The van der Waals surface area contributed by atoms with Crippen LogP contribution in [0.25, 0.3) is 5.65 Å². The van der Waals surface area contributed by atoms with Crippen LogP contribution in [0, 0.1) is 0 Å². The predicted molar refractivity (Wildman–Crippen MR) is 104 cm³/mol. The summed E-state index contributed by atoms with van der Waals surface area (Å²) in [6.07, 6.45) is 6.40. The highest BCUT2D eigenvalue weighted by Crippen LogP contribution is 2.20. The summed E-state index contributed by atoms with van der Waals surface area (Å²) in [5.74, 6) is 1.82. The van der Waals surface area contributed by atoms with Gasteiger partial charge in [-0.2, -0.15) is 9.61 Å². The molecule has 0 saturated carbocycles. The third kappa shape index (κ3) is 3.50. The summed E-state index contributed by atoms with van der Waals surface area (Å²) in [4.78, 5) is 13.6. The Balaban J connectivity index is 1.65. The van der Waals surface area contributed by atoms with Crippen LogP contribution in [0.1, 0.15) is 12.0 Å². The second kappa shape index (κ2) is 7.33. The van der Waals surface area contributed by atoms with E-state index >= 15 is 0 Å². The van der Waals surface area contributed by atoms with Gasteiger partial charge in [-0.25, -0.2) is 4.98 Å². The predicted octanol–water partition coefficient (Wildman–Crippen LogP) is 0.672. The number of fused-ring (bicyclic) bond motifs is 1. The van der Waals surface area contributed by atoms with Crippen LogP contribution in [-0.2, 0) is 6.54 Å². The molecule has 0 amide bonds. The van der Waals surface area contributed by atoms with Gasteiger partial charge in [0.1, 0.15) is 19.5 Å². The molecule has 1 N–H and O–H groups in total. The van der Waals surface area contributed by atoms with Crippen LogP contribution < -0.4 is 15.7 Å². The van der Waals surface area contributed by atoms with Crippen molar-refractivity contribution in [2.24, 2.45) is 0 Å². The Kier molecular flexibility index (Phi) is 4.75. The lowest BCUT2D eigenvalue weighted by Gasteiger charge is -2.23. The van der Waals surface area contributed by atoms with Crippen LogP contribution in [-0.4, -0.2) is 65.6 Å². The maximum atomic E-state index is 6.09. The van der Waals surface area contributed by atoms with Gasteiger partial charge < -0.3 is 15.1 Å². The minimum absolute atomic E-state index is 0.586. The van der Waals surface area contributed by atoms with E-state index in [9.17, 15) is 0 Å². The summed E-state index contributed by atoms with van der Waals surface area (Å²) in [6.45, 7) is 4.74. The van der Waals surface area contributed by atoms with Gasteiger partial charge in [-0.1, -0.05) is 6.07 Å². The molecule has 8 heteroatoms. The maximum Gasteiger partial charge on any atom is 0.152 e. The van der Waals surface area contributed by atoms with Crippen molar-refractivity contribution in [2.75, 3.05) is 43.4 Å². The third-order valence-electron chi connectivity index (χ3n) is 4.73. The van der Waals surface area contributed by atoms with Gasteiger partial charge in [0.2, 0.25) is 0 Å². The Morgan fingerprint density at radius 2 is 2.12 bits per heavy atom. The number of nitrogens with one attached hydrogen (secondary N) is 1. The molecule has 0 bridgehead atoms. The molecule has 4 heterocycles. The van der Waals surface area contributed by atoms with Crippen LogP contribution in [0.4, 0.5) is 11.6 Å². The van der Waals surface area contributed by atoms with Crippen LogP contribution in [0.5, 0.6) is 0 Å². The number of hydrogen-bond donors (Lipinski definition) is 1. The minimum atomic E-state index is 0.586. The van der Waals surface area contributed by atoms with Crippen LogP contribution in [0.15, 0.2) is 36.8 Å². The summed E-state index contributed by atoms with van der Waals surface area (Å²) in [6, 6.07) is 6.03. The molecule has 3 aromatic heterocycles. The Morgan fingerprint density at radius 1 is 1.19 bits per heavy atom. The molecular formula is C18H22BN7. The maximum absolute atomic E-state index is 6.09. The lowest BCUT2D eigenvalue weighted by atomic mass is 10.0. The number of anilines is 2. The number of hydrogen-bond acceptors (Lipinski definition) is 6. The first-order valence-electron chi connectivity index (χ1n) is 8.91. The topological polar surface area (TPSA) is 61.6 Å². The zero-order valence-corrected chi connectivity index (χ0v) is 15.0. The van der Waals surface area contributed by atoms with Gasteiger partial charge in [-0.05, 0) is 37.1 Å². The van der Waals surface area contributed by atoms with Crippen molar-refractivity contribution in [2.45, 2.75) is 13.0 Å². The van der Waals surface area contributed by atoms with Crippen molar-refractivity contribution >= 4 is 30.6 Å². The highest BCUT2D eigenvalue weighted by atomic mass is 15.3. The van der Waals surface area contributed by atoms with E-state index in [4.69, 9.17) is 12.8 Å². The van der Waals surface area contributed by atoms with Gasteiger partial charge in [-0.3, -0.25) is 4.98 Å². The van der Waals surface area contributed by atoms with Crippen molar-refractivity contribution < 1.29 is 0 Å². The van der Waals surface area contributed by atoms with E-state index in [1.807, 2.05) is 18.3 Å². The van der Waals surface area contributed by atoms with Gasteiger partial charge in [0.25, 0.3) is 0 Å². The molecule has 2 radical (unpaired) electrons. The fourth-order valence-electron chi connectivity index (χ4n) is 3.23. The number of aromatic nitrogens is 4. The Labute approximate surface area is 154 Å². The van der Waals surface area contributed by atoms with E-state index in [0.29, 0.717) is 17.7 Å². The molecular weight excluding hydrogens is 325 g/mol. The van der Waals surface area contributed by atoms with E-state index in [1.165, 1.54) is 0 Å². The van der Waals surface area contributed by atoms with Gasteiger partial charge in [0.15, 0.2) is 5.65 Å². The molecule has 1 fully saturated rings. The molecule has 1 aliphatic heterocycles. The standard InChI is InChI=1S/C18H22BN7/c1-24-6-3-7-25(9-8-24)17-10-16(21-12-14-4-2-5-20-11-14)26-18(23-17)15(19)13-22-26/h2,4-5,10-11,13,21H,3,6-9,12H2,1H3. The lowest BCUT2D eigenvalue weighted by Crippen LogP contribution is -2.30. The number of rotatable bonds is 4. The van der Waals surface area contributed by atoms with Crippen LogP contribution >= 0.6 is 0 Å². The minimum Gasteiger partial charge on any atom is -0.366 e.